The molecule has 0 amide bonds. The first-order valence-electron chi connectivity index (χ1n) is 4.56. The quantitative estimate of drug-likeness (QED) is 0.680. The van der Waals surface area contributed by atoms with Crippen molar-refractivity contribution in [1.29, 1.82) is 0 Å². The van der Waals surface area contributed by atoms with Gasteiger partial charge in [-0.3, -0.25) is 0 Å². The minimum absolute atomic E-state index is 0.936. The predicted octanol–water partition coefficient (Wildman–Crippen LogP) is 3.12. The lowest BCUT2D eigenvalue weighted by Gasteiger charge is -1.94. The van der Waals surface area contributed by atoms with E-state index in [-0.39, 0.29) is 0 Å². The summed E-state index contributed by atoms with van der Waals surface area (Å²) in [5, 5.41) is 0. The molecule has 0 N–H and O–H groups in total. The number of hydrogen-bond donors (Lipinski definition) is 0. The van der Waals surface area contributed by atoms with Crippen LogP contribution in [0.3, 0.4) is 0 Å². The molecule has 0 aliphatic carbocycles. The maximum atomic E-state index is 4.15. The lowest BCUT2D eigenvalue weighted by molar-refractivity contribution is 0.902. The van der Waals surface area contributed by atoms with Crippen molar-refractivity contribution < 1.29 is 0 Å². The van der Waals surface area contributed by atoms with E-state index in [4.69, 9.17) is 0 Å². The Balaban J connectivity index is 0.000000671. The van der Waals surface area contributed by atoms with Crippen LogP contribution in [0.1, 0.15) is 32.2 Å². The Labute approximate surface area is 80.6 Å². The highest BCUT2D eigenvalue weighted by atomic mass is 15.0. The molecule has 0 spiro atoms. The van der Waals surface area contributed by atoms with Gasteiger partial charge < -0.3 is 4.57 Å². The predicted molar refractivity (Wildman–Crippen MR) is 59.4 cm³/mol. The smallest absolute Gasteiger partial charge is 0.0955 e. The van der Waals surface area contributed by atoms with E-state index in [1.807, 2.05) is 44.5 Å². The second kappa shape index (κ2) is 6.23. The van der Waals surface area contributed by atoms with Gasteiger partial charge in [-0.15, -0.1) is 0 Å². The van der Waals surface area contributed by atoms with Crippen molar-refractivity contribution in [1.82, 2.24) is 9.55 Å². The van der Waals surface area contributed by atoms with E-state index in [9.17, 15) is 0 Å². The largest absolute Gasteiger partial charge is 0.334 e. The summed E-state index contributed by atoms with van der Waals surface area (Å²) < 4.78 is 1.97. The SMILES string of the molecule is C=Cc1ncn(C)c1/C=C\C.CC. The van der Waals surface area contributed by atoms with Gasteiger partial charge >= 0.3 is 0 Å². The van der Waals surface area contributed by atoms with Crippen LogP contribution in [0.25, 0.3) is 12.2 Å². The molecule has 1 aromatic heterocycles. The van der Waals surface area contributed by atoms with Crippen molar-refractivity contribution in [2.45, 2.75) is 20.8 Å². The van der Waals surface area contributed by atoms with Crippen molar-refractivity contribution in [3.8, 4) is 0 Å². The van der Waals surface area contributed by atoms with Crippen LogP contribution in [0.15, 0.2) is 19.0 Å². The number of aryl methyl sites for hydroxylation is 1. The highest BCUT2D eigenvalue weighted by Gasteiger charge is 1.99. The maximum Gasteiger partial charge on any atom is 0.0955 e. The van der Waals surface area contributed by atoms with E-state index in [0.29, 0.717) is 0 Å². The molecule has 0 saturated heterocycles. The van der Waals surface area contributed by atoms with Crippen molar-refractivity contribution in [3.05, 3.63) is 30.4 Å². The Bertz CT molecular complexity index is 282. The maximum absolute atomic E-state index is 4.15. The summed E-state index contributed by atoms with van der Waals surface area (Å²) >= 11 is 0. The van der Waals surface area contributed by atoms with Gasteiger partial charge in [0, 0.05) is 7.05 Å². The summed E-state index contributed by atoms with van der Waals surface area (Å²) in [6.07, 6.45) is 7.55. The second-order valence-corrected chi connectivity index (χ2v) is 2.33. The average molecular weight is 178 g/mol. The third-order valence-electron chi connectivity index (χ3n) is 1.53. The summed E-state index contributed by atoms with van der Waals surface area (Å²) in [4.78, 5) is 4.15. The van der Waals surface area contributed by atoms with Gasteiger partial charge in [0.1, 0.15) is 0 Å². The number of imidazole rings is 1. The molecule has 0 fully saturated rings. The van der Waals surface area contributed by atoms with Crippen LogP contribution in [0.2, 0.25) is 0 Å². The van der Waals surface area contributed by atoms with Gasteiger partial charge in [-0.1, -0.05) is 26.5 Å². The highest BCUT2D eigenvalue weighted by Crippen LogP contribution is 2.08. The molecule has 1 rings (SSSR count). The minimum Gasteiger partial charge on any atom is -0.334 e. The van der Waals surface area contributed by atoms with Crippen molar-refractivity contribution in [2.75, 3.05) is 0 Å². The van der Waals surface area contributed by atoms with Crippen LogP contribution in [0.4, 0.5) is 0 Å². The van der Waals surface area contributed by atoms with Crippen LogP contribution in [0, 0.1) is 0 Å². The first-order valence-corrected chi connectivity index (χ1v) is 4.56. The summed E-state index contributed by atoms with van der Waals surface area (Å²) in [6.45, 7) is 9.66. The standard InChI is InChI=1S/C9H12N2.C2H6/c1-4-6-9-8(5-2)10-7-11(9)3;1-2/h4-7H,2H2,1,3H3;1-2H3/b6-4-;. The molecule has 1 aromatic rings. The number of rotatable bonds is 2. The fraction of sp³-hybridized carbons (Fsp3) is 0.364. The molecule has 0 aliphatic heterocycles. The Morgan fingerprint density at radius 1 is 1.46 bits per heavy atom. The highest BCUT2D eigenvalue weighted by molar-refractivity contribution is 5.58. The second-order valence-electron chi connectivity index (χ2n) is 2.33. The zero-order chi connectivity index (χ0) is 10.3. The van der Waals surface area contributed by atoms with Crippen molar-refractivity contribution in [3.63, 3.8) is 0 Å². The van der Waals surface area contributed by atoms with E-state index < -0.39 is 0 Å². The van der Waals surface area contributed by atoms with Gasteiger partial charge in [0.15, 0.2) is 0 Å². The third-order valence-corrected chi connectivity index (χ3v) is 1.53. The molecular formula is C11H18N2. The van der Waals surface area contributed by atoms with Gasteiger partial charge in [-0.2, -0.15) is 0 Å². The summed E-state index contributed by atoms with van der Waals surface area (Å²) in [7, 11) is 1.97. The molecule has 2 heteroatoms. The number of nitrogens with zero attached hydrogens (tertiary/aromatic N) is 2. The van der Waals surface area contributed by atoms with Gasteiger partial charge in [0.05, 0.1) is 17.7 Å². The fourth-order valence-electron chi connectivity index (χ4n) is 0.976. The first-order chi connectivity index (χ1) is 6.29. The molecule has 0 saturated carbocycles. The molecule has 0 unspecified atom stereocenters. The molecule has 0 aromatic carbocycles. The average Bonchev–Trinajstić information content (AvgIpc) is 2.52. The Hall–Kier alpha value is -1.31. The number of aromatic nitrogens is 2. The number of hydrogen-bond acceptors (Lipinski definition) is 1. The molecule has 0 aliphatic rings. The fourth-order valence-corrected chi connectivity index (χ4v) is 0.976. The summed E-state index contributed by atoms with van der Waals surface area (Å²) in [5.41, 5.74) is 2.04. The van der Waals surface area contributed by atoms with Crippen molar-refractivity contribution in [2.24, 2.45) is 7.05 Å². The van der Waals surface area contributed by atoms with E-state index in [1.54, 1.807) is 12.4 Å². The lowest BCUT2D eigenvalue weighted by atomic mass is 10.3. The first kappa shape index (κ1) is 11.7. The van der Waals surface area contributed by atoms with Crippen LogP contribution in [-0.4, -0.2) is 9.55 Å². The van der Waals surface area contributed by atoms with Crippen molar-refractivity contribution >= 4 is 12.2 Å². The van der Waals surface area contributed by atoms with Crippen LogP contribution in [0.5, 0.6) is 0 Å². The minimum atomic E-state index is 0.936. The number of allylic oxidation sites excluding steroid dienone is 1. The lowest BCUT2D eigenvalue weighted by Crippen LogP contribution is -1.88. The van der Waals surface area contributed by atoms with Gasteiger partial charge in [0.25, 0.3) is 0 Å². The zero-order valence-electron chi connectivity index (χ0n) is 8.91. The Morgan fingerprint density at radius 2 is 2.08 bits per heavy atom. The molecule has 2 nitrogen and oxygen atoms in total. The van der Waals surface area contributed by atoms with Crippen LogP contribution in [-0.2, 0) is 7.05 Å². The topological polar surface area (TPSA) is 17.8 Å². The molecular weight excluding hydrogens is 160 g/mol. The van der Waals surface area contributed by atoms with Gasteiger partial charge in [-0.25, -0.2) is 4.98 Å². The van der Waals surface area contributed by atoms with E-state index in [0.717, 1.165) is 11.4 Å². The summed E-state index contributed by atoms with van der Waals surface area (Å²) in [6, 6.07) is 0. The monoisotopic (exact) mass is 178 g/mol. The molecule has 1 heterocycles. The Kier molecular flexibility index (Phi) is 5.60. The van der Waals surface area contributed by atoms with Crippen LogP contribution >= 0.6 is 0 Å². The molecule has 72 valence electrons. The summed E-state index contributed by atoms with van der Waals surface area (Å²) in [5.74, 6) is 0. The molecule has 13 heavy (non-hydrogen) atoms. The molecule has 0 bridgehead atoms. The van der Waals surface area contributed by atoms with Gasteiger partial charge in [-0.05, 0) is 19.1 Å². The van der Waals surface area contributed by atoms with Crippen LogP contribution < -0.4 is 0 Å². The van der Waals surface area contributed by atoms with E-state index in [1.165, 1.54) is 0 Å². The Morgan fingerprint density at radius 3 is 2.54 bits per heavy atom. The molecule has 0 radical (unpaired) electrons. The van der Waals surface area contributed by atoms with E-state index >= 15 is 0 Å². The zero-order valence-corrected chi connectivity index (χ0v) is 8.91. The van der Waals surface area contributed by atoms with Gasteiger partial charge in [0.2, 0.25) is 0 Å². The molecule has 0 atom stereocenters. The van der Waals surface area contributed by atoms with E-state index in [2.05, 4.69) is 11.6 Å². The normalized spacial score (nSPS) is 9.54. The third kappa shape index (κ3) is 2.90.